The van der Waals surface area contributed by atoms with E-state index in [1.54, 1.807) is 18.9 Å². The SMILES string of the molecule is COc1ccc(OC)c([C@@H]2C=C(c3ccc(I)cc3)Nc3nnnn32)c1. The van der Waals surface area contributed by atoms with E-state index in [0.717, 1.165) is 28.3 Å². The second-order valence-corrected chi connectivity index (χ2v) is 6.96. The average Bonchev–Trinajstić information content (AvgIpc) is 3.16. The van der Waals surface area contributed by atoms with Gasteiger partial charge in [0.25, 0.3) is 0 Å². The molecule has 0 bridgehead atoms. The minimum atomic E-state index is -0.222. The number of rotatable bonds is 4. The number of hydrogen-bond donors (Lipinski definition) is 1. The van der Waals surface area contributed by atoms with E-state index in [-0.39, 0.29) is 6.04 Å². The molecule has 0 saturated heterocycles. The lowest BCUT2D eigenvalue weighted by Gasteiger charge is -2.25. The van der Waals surface area contributed by atoms with Crippen LogP contribution in [-0.2, 0) is 0 Å². The van der Waals surface area contributed by atoms with Crippen LogP contribution < -0.4 is 14.8 Å². The summed E-state index contributed by atoms with van der Waals surface area (Å²) >= 11 is 2.29. The number of aromatic nitrogens is 4. The van der Waals surface area contributed by atoms with Gasteiger partial charge < -0.3 is 14.8 Å². The van der Waals surface area contributed by atoms with E-state index < -0.39 is 0 Å². The standard InChI is InChI=1S/C18H16IN5O2/c1-25-13-7-8-17(26-2)14(9-13)16-10-15(11-3-5-12(19)6-4-11)20-18-21-22-23-24(16)18/h3-10,16H,1-2H3,(H,20,21,23)/t16-/m0/s1. The van der Waals surface area contributed by atoms with Crippen LogP contribution in [0.1, 0.15) is 17.2 Å². The van der Waals surface area contributed by atoms with Crippen LogP contribution in [0.15, 0.2) is 48.5 Å². The first-order chi connectivity index (χ1) is 12.7. The minimum absolute atomic E-state index is 0.222. The predicted molar refractivity (Wildman–Crippen MR) is 106 cm³/mol. The molecule has 0 fully saturated rings. The number of benzene rings is 2. The molecule has 132 valence electrons. The molecule has 8 heteroatoms. The van der Waals surface area contributed by atoms with E-state index >= 15 is 0 Å². The Morgan fingerprint density at radius 3 is 2.62 bits per heavy atom. The number of fused-ring (bicyclic) bond motifs is 1. The van der Waals surface area contributed by atoms with Crippen LogP contribution in [0.2, 0.25) is 0 Å². The van der Waals surface area contributed by atoms with Gasteiger partial charge in [-0.25, -0.2) is 0 Å². The summed E-state index contributed by atoms with van der Waals surface area (Å²) in [4.78, 5) is 0. The van der Waals surface area contributed by atoms with Crippen LogP contribution in [0.5, 0.6) is 11.5 Å². The van der Waals surface area contributed by atoms with E-state index in [1.165, 1.54) is 3.57 Å². The fourth-order valence-electron chi connectivity index (χ4n) is 2.94. The van der Waals surface area contributed by atoms with Gasteiger partial charge in [0.15, 0.2) is 0 Å². The molecular weight excluding hydrogens is 445 g/mol. The molecule has 0 aliphatic carbocycles. The molecule has 1 aromatic heterocycles. The van der Waals surface area contributed by atoms with Gasteiger partial charge >= 0.3 is 0 Å². The molecule has 0 amide bonds. The Balaban J connectivity index is 1.85. The lowest BCUT2D eigenvalue weighted by Crippen LogP contribution is -2.20. The minimum Gasteiger partial charge on any atom is -0.497 e. The fraction of sp³-hybridized carbons (Fsp3) is 0.167. The first-order valence-electron chi connectivity index (χ1n) is 7.94. The van der Waals surface area contributed by atoms with Crippen molar-refractivity contribution in [3.63, 3.8) is 0 Å². The molecule has 4 rings (SSSR count). The zero-order chi connectivity index (χ0) is 18.1. The van der Waals surface area contributed by atoms with Crippen LogP contribution in [0, 0.1) is 3.57 Å². The van der Waals surface area contributed by atoms with Gasteiger partial charge in [0.2, 0.25) is 5.95 Å². The van der Waals surface area contributed by atoms with Crippen molar-refractivity contribution in [2.24, 2.45) is 0 Å². The van der Waals surface area contributed by atoms with Gasteiger partial charge in [0.1, 0.15) is 17.5 Å². The highest BCUT2D eigenvalue weighted by atomic mass is 127. The summed E-state index contributed by atoms with van der Waals surface area (Å²) in [5.74, 6) is 2.08. The van der Waals surface area contributed by atoms with E-state index in [9.17, 15) is 0 Å². The van der Waals surface area contributed by atoms with Crippen LogP contribution in [0.3, 0.4) is 0 Å². The van der Waals surface area contributed by atoms with Crippen LogP contribution in [-0.4, -0.2) is 34.4 Å². The number of nitrogens with one attached hydrogen (secondary N) is 1. The maximum atomic E-state index is 5.56. The smallest absolute Gasteiger partial charge is 0.248 e. The van der Waals surface area contributed by atoms with Gasteiger partial charge in [0.05, 0.1) is 14.2 Å². The van der Waals surface area contributed by atoms with E-state index in [0.29, 0.717) is 5.95 Å². The molecule has 1 N–H and O–H groups in total. The first-order valence-corrected chi connectivity index (χ1v) is 9.02. The lowest BCUT2D eigenvalue weighted by atomic mass is 10.0. The molecule has 0 spiro atoms. The van der Waals surface area contributed by atoms with Gasteiger partial charge in [-0.3, -0.25) is 0 Å². The van der Waals surface area contributed by atoms with Crippen LogP contribution >= 0.6 is 22.6 Å². The molecule has 7 nitrogen and oxygen atoms in total. The topological polar surface area (TPSA) is 74.1 Å². The summed E-state index contributed by atoms with van der Waals surface area (Å²) < 4.78 is 13.9. The number of halogens is 1. The molecular formula is C18H16IN5O2. The number of anilines is 1. The molecule has 2 aromatic carbocycles. The Morgan fingerprint density at radius 1 is 1.08 bits per heavy atom. The highest BCUT2D eigenvalue weighted by Crippen LogP contribution is 2.37. The third-order valence-corrected chi connectivity index (χ3v) is 4.96. The second-order valence-electron chi connectivity index (χ2n) is 5.71. The monoisotopic (exact) mass is 461 g/mol. The molecule has 0 saturated carbocycles. The Bertz CT molecular complexity index is 968. The van der Waals surface area contributed by atoms with Crippen molar-refractivity contribution in [2.45, 2.75) is 6.04 Å². The molecule has 2 heterocycles. The third kappa shape index (κ3) is 3.00. The summed E-state index contributed by atoms with van der Waals surface area (Å²) in [6, 6.07) is 13.8. The summed E-state index contributed by atoms with van der Waals surface area (Å²) in [5.41, 5.74) is 2.93. The molecule has 3 aromatic rings. The Morgan fingerprint density at radius 2 is 1.88 bits per heavy atom. The lowest BCUT2D eigenvalue weighted by molar-refractivity contribution is 0.393. The summed E-state index contributed by atoms with van der Waals surface area (Å²) in [6.45, 7) is 0. The molecule has 0 unspecified atom stereocenters. The number of allylic oxidation sites excluding steroid dienone is 1. The molecule has 1 aliphatic rings. The predicted octanol–water partition coefficient (Wildman–Crippen LogP) is 3.35. The van der Waals surface area contributed by atoms with Crippen molar-refractivity contribution in [1.29, 1.82) is 0 Å². The number of tetrazole rings is 1. The number of hydrogen-bond acceptors (Lipinski definition) is 6. The maximum absolute atomic E-state index is 5.56. The molecule has 1 atom stereocenters. The van der Waals surface area contributed by atoms with Gasteiger partial charge in [0, 0.05) is 14.8 Å². The van der Waals surface area contributed by atoms with Gasteiger partial charge in [-0.05, 0) is 75.0 Å². The summed E-state index contributed by atoms with van der Waals surface area (Å²) in [6.07, 6.45) is 2.09. The summed E-state index contributed by atoms with van der Waals surface area (Å²) in [5, 5.41) is 15.3. The molecule has 1 aliphatic heterocycles. The van der Waals surface area contributed by atoms with E-state index in [1.807, 2.05) is 18.2 Å². The van der Waals surface area contributed by atoms with Crippen LogP contribution in [0.4, 0.5) is 5.95 Å². The maximum Gasteiger partial charge on any atom is 0.248 e. The number of methoxy groups -OCH3 is 2. The van der Waals surface area contributed by atoms with Gasteiger partial charge in [-0.15, -0.1) is 0 Å². The van der Waals surface area contributed by atoms with Crippen molar-refractivity contribution in [3.8, 4) is 11.5 Å². The van der Waals surface area contributed by atoms with Crippen molar-refractivity contribution in [1.82, 2.24) is 20.2 Å². The van der Waals surface area contributed by atoms with Gasteiger partial charge in [-0.2, -0.15) is 4.68 Å². The largest absolute Gasteiger partial charge is 0.497 e. The first kappa shape index (κ1) is 16.8. The normalized spacial score (nSPS) is 15.7. The van der Waals surface area contributed by atoms with Gasteiger partial charge in [-0.1, -0.05) is 17.2 Å². The molecule has 26 heavy (non-hydrogen) atoms. The van der Waals surface area contributed by atoms with E-state index in [4.69, 9.17) is 9.47 Å². The quantitative estimate of drug-likeness (QED) is 0.601. The van der Waals surface area contributed by atoms with Crippen molar-refractivity contribution in [2.75, 3.05) is 19.5 Å². The Hall–Kier alpha value is -2.62. The third-order valence-electron chi connectivity index (χ3n) is 4.24. The van der Waals surface area contributed by atoms with Crippen molar-refractivity contribution >= 4 is 34.2 Å². The summed E-state index contributed by atoms with van der Waals surface area (Å²) in [7, 11) is 3.29. The Labute approximate surface area is 164 Å². The second kappa shape index (κ2) is 6.94. The zero-order valence-corrected chi connectivity index (χ0v) is 16.3. The Kier molecular flexibility index (Phi) is 4.49. The highest BCUT2D eigenvalue weighted by Gasteiger charge is 2.27. The zero-order valence-electron chi connectivity index (χ0n) is 14.2. The number of ether oxygens (including phenoxy) is 2. The van der Waals surface area contributed by atoms with E-state index in [2.05, 4.69) is 73.8 Å². The van der Waals surface area contributed by atoms with Crippen LogP contribution in [0.25, 0.3) is 5.70 Å². The average molecular weight is 461 g/mol. The fourth-order valence-corrected chi connectivity index (χ4v) is 3.30. The highest BCUT2D eigenvalue weighted by molar-refractivity contribution is 14.1. The molecule has 0 radical (unpaired) electrons. The van der Waals surface area contributed by atoms with Crippen molar-refractivity contribution in [3.05, 3.63) is 63.2 Å². The van der Waals surface area contributed by atoms with Crippen molar-refractivity contribution < 1.29 is 9.47 Å². The number of nitrogens with zero attached hydrogens (tertiary/aromatic N) is 4.